The quantitative estimate of drug-likeness (QED) is 0.743. The van der Waals surface area contributed by atoms with E-state index in [1.807, 2.05) is 32.0 Å². The molecule has 0 aliphatic rings. The Hall–Kier alpha value is -2.73. The standard InChI is InChI=1S/C17H18ClN3O3/c1-11-3-4-12(2)15(9-11)24-10-16(22)20-21-17(23)19-14-7-5-13(18)6-8-14/h3-9H,10H2,1-2H3,(H,20,22)(H2,19,21,23). The van der Waals surface area contributed by atoms with E-state index in [4.69, 9.17) is 16.3 Å². The number of aryl methyl sites for hydroxylation is 2. The van der Waals surface area contributed by atoms with Crippen molar-refractivity contribution >= 4 is 29.2 Å². The maximum absolute atomic E-state index is 11.7. The van der Waals surface area contributed by atoms with Crippen molar-refractivity contribution in [1.29, 1.82) is 0 Å². The molecule has 0 radical (unpaired) electrons. The van der Waals surface area contributed by atoms with Gasteiger partial charge in [0.25, 0.3) is 5.91 Å². The van der Waals surface area contributed by atoms with Crippen LogP contribution in [-0.2, 0) is 4.79 Å². The lowest BCUT2D eigenvalue weighted by Gasteiger charge is -2.11. The van der Waals surface area contributed by atoms with Crippen LogP contribution < -0.4 is 20.9 Å². The van der Waals surface area contributed by atoms with Gasteiger partial charge in [0.1, 0.15) is 5.75 Å². The lowest BCUT2D eigenvalue weighted by Crippen LogP contribution is -2.45. The molecule has 6 nitrogen and oxygen atoms in total. The van der Waals surface area contributed by atoms with Gasteiger partial charge in [0, 0.05) is 10.7 Å². The Morgan fingerprint density at radius 1 is 1.04 bits per heavy atom. The van der Waals surface area contributed by atoms with Crippen LogP contribution in [0.1, 0.15) is 11.1 Å². The van der Waals surface area contributed by atoms with Crippen LogP contribution in [0, 0.1) is 13.8 Å². The first-order valence-corrected chi connectivity index (χ1v) is 7.63. The van der Waals surface area contributed by atoms with E-state index in [0.29, 0.717) is 16.5 Å². The fourth-order valence-corrected chi connectivity index (χ4v) is 1.99. The Morgan fingerprint density at radius 3 is 2.46 bits per heavy atom. The molecule has 0 heterocycles. The number of benzene rings is 2. The summed E-state index contributed by atoms with van der Waals surface area (Å²) in [5.74, 6) is 0.165. The fourth-order valence-electron chi connectivity index (χ4n) is 1.86. The van der Waals surface area contributed by atoms with Crippen LogP contribution in [0.15, 0.2) is 42.5 Å². The molecule has 2 aromatic carbocycles. The zero-order valence-corrected chi connectivity index (χ0v) is 14.1. The monoisotopic (exact) mass is 347 g/mol. The van der Waals surface area contributed by atoms with Crippen LogP contribution in [0.2, 0.25) is 5.02 Å². The highest BCUT2D eigenvalue weighted by atomic mass is 35.5. The third-order valence-corrected chi connectivity index (χ3v) is 3.37. The zero-order chi connectivity index (χ0) is 17.5. The summed E-state index contributed by atoms with van der Waals surface area (Å²) in [4.78, 5) is 23.4. The molecule has 7 heteroatoms. The second kappa shape index (κ2) is 8.21. The molecule has 3 amide bonds. The van der Waals surface area contributed by atoms with Crippen molar-refractivity contribution in [1.82, 2.24) is 10.9 Å². The number of rotatable bonds is 4. The molecule has 3 N–H and O–H groups in total. The van der Waals surface area contributed by atoms with Crippen LogP contribution in [0.25, 0.3) is 0 Å². The molecule has 0 aliphatic carbocycles. The van der Waals surface area contributed by atoms with E-state index in [0.717, 1.165) is 11.1 Å². The second-order valence-corrected chi connectivity index (χ2v) is 5.63. The molecule has 0 spiro atoms. The molecule has 0 saturated heterocycles. The number of amides is 3. The number of ether oxygens (including phenoxy) is 1. The minimum atomic E-state index is -0.572. The molecule has 0 unspecified atom stereocenters. The Balaban J connectivity index is 1.75. The van der Waals surface area contributed by atoms with Crippen LogP contribution in [-0.4, -0.2) is 18.5 Å². The number of halogens is 1. The largest absolute Gasteiger partial charge is 0.483 e. The maximum Gasteiger partial charge on any atom is 0.337 e. The molecule has 2 aromatic rings. The normalized spacial score (nSPS) is 9.96. The highest BCUT2D eigenvalue weighted by Gasteiger charge is 2.07. The Kier molecular flexibility index (Phi) is 6.03. The summed E-state index contributed by atoms with van der Waals surface area (Å²) in [6.45, 7) is 3.63. The number of carbonyl (C=O) groups excluding carboxylic acids is 2. The molecule has 0 aliphatic heterocycles. The number of hydrogen-bond donors (Lipinski definition) is 3. The number of hydrazine groups is 1. The summed E-state index contributed by atoms with van der Waals surface area (Å²) in [7, 11) is 0. The smallest absolute Gasteiger partial charge is 0.337 e. The predicted octanol–water partition coefficient (Wildman–Crippen LogP) is 3.19. The van der Waals surface area contributed by atoms with Gasteiger partial charge in [-0.3, -0.25) is 10.2 Å². The van der Waals surface area contributed by atoms with Crippen molar-refractivity contribution in [3.05, 3.63) is 58.6 Å². The van der Waals surface area contributed by atoms with Gasteiger partial charge in [-0.1, -0.05) is 23.7 Å². The van der Waals surface area contributed by atoms with Gasteiger partial charge in [-0.15, -0.1) is 0 Å². The molecule has 0 bridgehead atoms. The number of urea groups is 1. The van der Waals surface area contributed by atoms with Crippen molar-refractivity contribution < 1.29 is 14.3 Å². The first kappa shape index (κ1) is 17.6. The fraction of sp³-hybridized carbons (Fsp3) is 0.176. The molecule has 0 fully saturated rings. The van der Waals surface area contributed by atoms with Gasteiger partial charge in [-0.25, -0.2) is 10.2 Å². The molecular formula is C17H18ClN3O3. The summed E-state index contributed by atoms with van der Waals surface area (Å²) in [5, 5.41) is 3.12. The Morgan fingerprint density at radius 2 is 1.75 bits per heavy atom. The van der Waals surface area contributed by atoms with Gasteiger partial charge < -0.3 is 10.1 Å². The Bertz CT molecular complexity index is 732. The zero-order valence-electron chi connectivity index (χ0n) is 13.4. The van der Waals surface area contributed by atoms with E-state index in [-0.39, 0.29) is 6.61 Å². The number of nitrogens with one attached hydrogen (secondary N) is 3. The van der Waals surface area contributed by atoms with Crippen LogP contribution in [0.3, 0.4) is 0 Å². The van der Waals surface area contributed by atoms with E-state index >= 15 is 0 Å². The summed E-state index contributed by atoms with van der Waals surface area (Å²) in [6, 6.07) is 11.7. The molecular weight excluding hydrogens is 330 g/mol. The van der Waals surface area contributed by atoms with Crippen LogP contribution in [0.4, 0.5) is 10.5 Å². The van der Waals surface area contributed by atoms with Gasteiger partial charge in [-0.2, -0.15) is 0 Å². The topological polar surface area (TPSA) is 79.5 Å². The second-order valence-electron chi connectivity index (χ2n) is 5.19. The first-order valence-electron chi connectivity index (χ1n) is 7.25. The lowest BCUT2D eigenvalue weighted by molar-refractivity contribution is -0.123. The van der Waals surface area contributed by atoms with Crippen molar-refractivity contribution in [2.75, 3.05) is 11.9 Å². The SMILES string of the molecule is Cc1ccc(C)c(OCC(=O)NNC(=O)Nc2ccc(Cl)cc2)c1. The molecule has 0 saturated carbocycles. The summed E-state index contributed by atoms with van der Waals surface area (Å²) >= 11 is 5.76. The summed E-state index contributed by atoms with van der Waals surface area (Å²) in [6.07, 6.45) is 0. The molecule has 0 atom stereocenters. The summed E-state index contributed by atoms with van der Waals surface area (Å²) in [5.41, 5.74) is 7.04. The predicted molar refractivity (Wildman–Crippen MR) is 93.2 cm³/mol. The van der Waals surface area contributed by atoms with Gasteiger partial charge in [0.2, 0.25) is 0 Å². The third kappa shape index (κ3) is 5.48. The molecule has 126 valence electrons. The lowest BCUT2D eigenvalue weighted by atomic mass is 10.1. The minimum Gasteiger partial charge on any atom is -0.483 e. The minimum absolute atomic E-state index is 0.203. The third-order valence-electron chi connectivity index (χ3n) is 3.12. The highest BCUT2D eigenvalue weighted by Crippen LogP contribution is 2.18. The van der Waals surface area contributed by atoms with Gasteiger partial charge in [0.05, 0.1) is 0 Å². The van der Waals surface area contributed by atoms with Crippen LogP contribution in [0.5, 0.6) is 5.75 Å². The van der Waals surface area contributed by atoms with E-state index < -0.39 is 11.9 Å². The summed E-state index contributed by atoms with van der Waals surface area (Å²) < 4.78 is 5.44. The average molecular weight is 348 g/mol. The van der Waals surface area contributed by atoms with Crippen molar-refractivity contribution in [2.45, 2.75) is 13.8 Å². The molecule has 2 rings (SSSR count). The van der Waals surface area contributed by atoms with Crippen molar-refractivity contribution in [3.8, 4) is 5.75 Å². The number of hydrogen-bond acceptors (Lipinski definition) is 3. The van der Waals surface area contributed by atoms with Crippen LogP contribution >= 0.6 is 11.6 Å². The highest BCUT2D eigenvalue weighted by molar-refractivity contribution is 6.30. The van der Waals surface area contributed by atoms with E-state index in [2.05, 4.69) is 16.2 Å². The van der Waals surface area contributed by atoms with Gasteiger partial charge in [0.15, 0.2) is 6.61 Å². The van der Waals surface area contributed by atoms with Crippen molar-refractivity contribution in [3.63, 3.8) is 0 Å². The van der Waals surface area contributed by atoms with Gasteiger partial charge in [-0.05, 0) is 55.3 Å². The van der Waals surface area contributed by atoms with Crippen molar-refractivity contribution in [2.24, 2.45) is 0 Å². The first-order chi connectivity index (χ1) is 11.4. The number of anilines is 1. The maximum atomic E-state index is 11.7. The average Bonchev–Trinajstić information content (AvgIpc) is 2.56. The van der Waals surface area contributed by atoms with E-state index in [1.165, 1.54) is 0 Å². The molecule has 0 aromatic heterocycles. The van der Waals surface area contributed by atoms with Gasteiger partial charge >= 0.3 is 6.03 Å². The molecule has 24 heavy (non-hydrogen) atoms. The van der Waals surface area contributed by atoms with E-state index in [9.17, 15) is 9.59 Å². The van der Waals surface area contributed by atoms with E-state index in [1.54, 1.807) is 24.3 Å². The Labute approximate surface area is 145 Å². The number of carbonyl (C=O) groups is 2.